The number of rotatable bonds is 5. The Morgan fingerprint density at radius 2 is 2.04 bits per heavy atom. The molecule has 0 radical (unpaired) electrons. The number of pyridine rings is 1. The normalized spacial score (nSPS) is 12.2. The summed E-state index contributed by atoms with van der Waals surface area (Å²) in [6, 6.07) is 3.64. The summed E-state index contributed by atoms with van der Waals surface area (Å²) in [5.74, 6) is -0.348. The zero-order valence-electron chi connectivity index (χ0n) is 16.1. The molecular formula is C20H23N3O2S2. The molecule has 1 unspecified atom stereocenters. The van der Waals surface area contributed by atoms with Gasteiger partial charge in [-0.25, -0.2) is 4.98 Å². The van der Waals surface area contributed by atoms with E-state index >= 15 is 0 Å². The lowest BCUT2D eigenvalue weighted by molar-refractivity contribution is 0.0933. The highest BCUT2D eigenvalue weighted by molar-refractivity contribution is 7.11. The zero-order valence-corrected chi connectivity index (χ0v) is 17.8. The van der Waals surface area contributed by atoms with Crippen LogP contribution in [0.25, 0.3) is 0 Å². The van der Waals surface area contributed by atoms with Crippen LogP contribution in [-0.4, -0.2) is 15.5 Å². The average molecular weight is 402 g/mol. The number of nitrogens with zero attached hydrogens (tertiary/aromatic N) is 2. The Morgan fingerprint density at radius 3 is 2.63 bits per heavy atom. The molecule has 0 aliphatic heterocycles. The number of thiazole rings is 1. The third-order valence-corrected chi connectivity index (χ3v) is 6.68. The van der Waals surface area contributed by atoms with Crippen LogP contribution < -0.4 is 10.9 Å². The molecule has 1 amide bonds. The highest BCUT2D eigenvalue weighted by atomic mass is 32.1. The van der Waals surface area contributed by atoms with Gasteiger partial charge in [0.2, 0.25) is 0 Å². The summed E-state index contributed by atoms with van der Waals surface area (Å²) in [4.78, 5) is 31.4. The molecule has 3 aromatic rings. The molecule has 1 N–H and O–H groups in total. The van der Waals surface area contributed by atoms with Crippen LogP contribution in [0.2, 0.25) is 0 Å². The topological polar surface area (TPSA) is 64.0 Å². The van der Waals surface area contributed by atoms with Gasteiger partial charge >= 0.3 is 0 Å². The number of aryl methyl sites for hydroxylation is 4. The van der Waals surface area contributed by atoms with Gasteiger partial charge in [0.25, 0.3) is 11.5 Å². The molecule has 27 heavy (non-hydrogen) atoms. The van der Waals surface area contributed by atoms with Crippen molar-refractivity contribution in [3.05, 3.63) is 71.2 Å². The Hall–Kier alpha value is -2.25. The lowest BCUT2D eigenvalue weighted by Crippen LogP contribution is -2.36. The quantitative estimate of drug-likeness (QED) is 0.706. The fourth-order valence-corrected chi connectivity index (χ4v) is 4.63. The minimum atomic E-state index is -0.348. The number of hydrogen-bond acceptors (Lipinski definition) is 5. The number of nitrogens with one attached hydrogen (secondary N) is 1. The molecule has 3 rings (SSSR count). The second-order valence-electron chi connectivity index (χ2n) is 6.76. The van der Waals surface area contributed by atoms with Crippen molar-refractivity contribution in [2.75, 3.05) is 0 Å². The van der Waals surface area contributed by atoms with Gasteiger partial charge in [-0.2, -0.15) is 11.3 Å². The Bertz CT molecular complexity index is 1010. The summed E-state index contributed by atoms with van der Waals surface area (Å²) >= 11 is 3.22. The maximum Gasteiger partial charge on any atom is 0.263 e. The molecule has 0 aliphatic rings. The van der Waals surface area contributed by atoms with Gasteiger partial charge in [-0.1, -0.05) is 0 Å². The average Bonchev–Trinajstić information content (AvgIpc) is 3.22. The van der Waals surface area contributed by atoms with Crippen LogP contribution in [0.4, 0.5) is 0 Å². The van der Waals surface area contributed by atoms with Crippen molar-refractivity contribution in [2.45, 2.75) is 40.2 Å². The molecule has 3 heterocycles. The van der Waals surface area contributed by atoms with Crippen molar-refractivity contribution in [2.24, 2.45) is 7.05 Å². The molecule has 5 nitrogen and oxygen atoms in total. The molecule has 0 aromatic carbocycles. The molecule has 0 saturated heterocycles. The lowest BCUT2D eigenvalue weighted by atomic mass is 10.1. The van der Waals surface area contributed by atoms with Gasteiger partial charge in [-0.15, -0.1) is 11.3 Å². The van der Waals surface area contributed by atoms with Crippen LogP contribution in [0.5, 0.6) is 0 Å². The molecule has 0 saturated carbocycles. The van der Waals surface area contributed by atoms with Gasteiger partial charge in [0.15, 0.2) is 0 Å². The minimum Gasteiger partial charge on any atom is -0.342 e. The van der Waals surface area contributed by atoms with Crippen LogP contribution in [0, 0.1) is 27.7 Å². The SMILES string of the molecule is Cc1cc(C)n(C)c(=O)c1C(=O)NC(Cc1ccsc1)c1nc(C)c(C)s1. The van der Waals surface area contributed by atoms with Gasteiger partial charge in [0.1, 0.15) is 10.6 Å². The van der Waals surface area contributed by atoms with E-state index in [1.165, 1.54) is 4.57 Å². The van der Waals surface area contributed by atoms with E-state index in [9.17, 15) is 9.59 Å². The van der Waals surface area contributed by atoms with Crippen LogP contribution in [0.3, 0.4) is 0 Å². The van der Waals surface area contributed by atoms with Crippen molar-refractivity contribution in [3.63, 3.8) is 0 Å². The fourth-order valence-electron chi connectivity index (χ4n) is 2.98. The maximum absolute atomic E-state index is 13.0. The first-order chi connectivity index (χ1) is 12.8. The molecule has 0 spiro atoms. The Kier molecular flexibility index (Phi) is 5.62. The number of thiophene rings is 1. The van der Waals surface area contributed by atoms with Gasteiger partial charge < -0.3 is 9.88 Å². The number of carbonyl (C=O) groups excluding carboxylic acids is 1. The van der Waals surface area contributed by atoms with Crippen LogP contribution in [0.15, 0.2) is 27.7 Å². The zero-order chi connectivity index (χ0) is 19.7. The predicted octanol–water partition coefficient (Wildman–Crippen LogP) is 3.85. The molecule has 0 fully saturated rings. The maximum atomic E-state index is 13.0. The summed E-state index contributed by atoms with van der Waals surface area (Å²) in [6.45, 7) is 7.66. The second-order valence-corrected chi connectivity index (χ2v) is 8.78. The first kappa shape index (κ1) is 19.5. The standard InChI is InChI=1S/C20H23N3O2S2/c1-11-8-12(2)23(5)20(25)17(11)18(24)22-16(9-15-6-7-26-10-15)19-21-13(3)14(4)27-19/h6-8,10,16H,9H2,1-5H3,(H,22,24). The molecule has 0 bridgehead atoms. The van der Waals surface area contributed by atoms with E-state index in [1.807, 2.05) is 38.3 Å². The third kappa shape index (κ3) is 4.04. The number of hydrogen-bond donors (Lipinski definition) is 1. The second kappa shape index (κ2) is 7.78. The first-order valence-corrected chi connectivity index (χ1v) is 10.5. The van der Waals surface area contributed by atoms with Crippen LogP contribution >= 0.6 is 22.7 Å². The minimum absolute atomic E-state index is 0.198. The molecule has 142 valence electrons. The van der Waals surface area contributed by atoms with E-state index in [-0.39, 0.29) is 23.1 Å². The first-order valence-electron chi connectivity index (χ1n) is 8.71. The van der Waals surface area contributed by atoms with Crippen molar-refractivity contribution in [1.29, 1.82) is 0 Å². The summed E-state index contributed by atoms with van der Waals surface area (Å²) in [6.07, 6.45) is 0.646. The molecule has 3 aromatic heterocycles. The highest BCUT2D eigenvalue weighted by Crippen LogP contribution is 2.26. The van der Waals surface area contributed by atoms with Crippen molar-refractivity contribution >= 4 is 28.6 Å². The number of aromatic nitrogens is 2. The monoisotopic (exact) mass is 401 g/mol. The van der Waals surface area contributed by atoms with Crippen molar-refractivity contribution in [3.8, 4) is 0 Å². The van der Waals surface area contributed by atoms with E-state index in [1.54, 1.807) is 36.6 Å². The Balaban J connectivity index is 1.96. The summed E-state index contributed by atoms with van der Waals surface area (Å²) in [5.41, 5.74) is 3.56. The van der Waals surface area contributed by atoms with Gasteiger partial charge in [0.05, 0.1) is 11.7 Å². The summed E-state index contributed by atoms with van der Waals surface area (Å²) in [5, 5.41) is 8.02. The molecule has 1 atom stereocenters. The number of carbonyl (C=O) groups is 1. The highest BCUT2D eigenvalue weighted by Gasteiger charge is 2.23. The summed E-state index contributed by atoms with van der Waals surface area (Å²) < 4.78 is 1.51. The Labute approximate surface area is 166 Å². The predicted molar refractivity (Wildman–Crippen MR) is 111 cm³/mol. The fraction of sp³-hybridized carbons (Fsp3) is 0.350. The van der Waals surface area contributed by atoms with E-state index in [0.717, 1.165) is 26.8 Å². The van der Waals surface area contributed by atoms with E-state index in [2.05, 4.69) is 15.7 Å². The van der Waals surface area contributed by atoms with E-state index in [4.69, 9.17) is 0 Å². The van der Waals surface area contributed by atoms with E-state index in [0.29, 0.717) is 12.0 Å². The summed E-state index contributed by atoms with van der Waals surface area (Å²) in [7, 11) is 1.68. The van der Waals surface area contributed by atoms with Gasteiger partial charge in [-0.05, 0) is 61.7 Å². The third-order valence-electron chi connectivity index (χ3n) is 4.76. The largest absolute Gasteiger partial charge is 0.342 e. The lowest BCUT2D eigenvalue weighted by Gasteiger charge is -2.17. The van der Waals surface area contributed by atoms with E-state index < -0.39 is 0 Å². The molecular weight excluding hydrogens is 378 g/mol. The number of amides is 1. The van der Waals surface area contributed by atoms with Gasteiger partial charge in [0, 0.05) is 24.0 Å². The van der Waals surface area contributed by atoms with Crippen LogP contribution in [-0.2, 0) is 13.5 Å². The Morgan fingerprint density at radius 1 is 1.30 bits per heavy atom. The molecule has 0 aliphatic carbocycles. The molecule has 7 heteroatoms. The van der Waals surface area contributed by atoms with Gasteiger partial charge in [-0.3, -0.25) is 9.59 Å². The smallest absolute Gasteiger partial charge is 0.263 e. The van der Waals surface area contributed by atoms with Crippen molar-refractivity contribution < 1.29 is 4.79 Å². The van der Waals surface area contributed by atoms with Crippen LogP contribution in [0.1, 0.15) is 48.8 Å². The van der Waals surface area contributed by atoms with Crippen molar-refractivity contribution in [1.82, 2.24) is 14.9 Å².